The first kappa shape index (κ1) is 12.9. The molecule has 0 aliphatic carbocycles. The molecular formula is C13H19BrN2O. The third kappa shape index (κ3) is 3.21. The van der Waals surface area contributed by atoms with E-state index in [2.05, 4.69) is 44.3 Å². The zero-order valence-electron chi connectivity index (χ0n) is 10.1. The van der Waals surface area contributed by atoms with Gasteiger partial charge in [-0.2, -0.15) is 0 Å². The third-order valence-corrected chi connectivity index (χ3v) is 3.65. The normalized spacial score (nSPS) is 20.6. The van der Waals surface area contributed by atoms with Gasteiger partial charge in [0, 0.05) is 29.8 Å². The summed E-state index contributed by atoms with van der Waals surface area (Å²) in [5.41, 5.74) is 2.51. The monoisotopic (exact) mass is 298 g/mol. The minimum atomic E-state index is -0.190. The predicted molar refractivity (Wildman–Crippen MR) is 74.4 cm³/mol. The first-order chi connectivity index (χ1) is 8.20. The topological polar surface area (TPSA) is 35.5 Å². The molecule has 1 aliphatic heterocycles. The first-order valence-electron chi connectivity index (χ1n) is 6.06. The molecule has 3 nitrogen and oxygen atoms in total. The summed E-state index contributed by atoms with van der Waals surface area (Å²) in [6.45, 7) is 2.63. The molecule has 2 N–H and O–H groups in total. The highest BCUT2D eigenvalue weighted by atomic mass is 79.9. The van der Waals surface area contributed by atoms with E-state index in [-0.39, 0.29) is 6.10 Å². The van der Waals surface area contributed by atoms with Crippen molar-refractivity contribution in [1.82, 2.24) is 5.32 Å². The number of nitrogens with one attached hydrogen (secondary N) is 1. The standard InChI is InChI=1S/C13H19BrN2O/c1-15-8-10-4-5-11(14)7-13(10)16-6-2-3-12(17)9-16/h4-5,7,12,15,17H,2-3,6,8-9H2,1H3. The van der Waals surface area contributed by atoms with E-state index in [1.165, 1.54) is 11.3 Å². The van der Waals surface area contributed by atoms with E-state index in [4.69, 9.17) is 0 Å². The quantitative estimate of drug-likeness (QED) is 0.897. The number of anilines is 1. The highest BCUT2D eigenvalue weighted by Gasteiger charge is 2.19. The maximum absolute atomic E-state index is 9.76. The van der Waals surface area contributed by atoms with Crippen molar-refractivity contribution in [2.24, 2.45) is 0 Å². The minimum absolute atomic E-state index is 0.190. The second-order valence-corrected chi connectivity index (χ2v) is 5.46. The lowest BCUT2D eigenvalue weighted by Gasteiger charge is -2.33. The van der Waals surface area contributed by atoms with Crippen LogP contribution in [0.4, 0.5) is 5.69 Å². The van der Waals surface area contributed by atoms with Crippen molar-refractivity contribution < 1.29 is 5.11 Å². The first-order valence-corrected chi connectivity index (χ1v) is 6.86. The third-order valence-electron chi connectivity index (χ3n) is 3.15. The van der Waals surface area contributed by atoms with Gasteiger partial charge in [-0.15, -0.1) is 0 Å². The highest BCUT2D eigenvalue weighted by molar-refractivity contribution is 9.10. The van der Waals surface area contributed by atoms with Crippen LogP contribution in [0.15, 0.2) is 22.7 Å². The van der Waals surface area contributed by atoms with E-state index in [1.54, 1.807) is 0 Å². The molecule has 1 aliphatic rings. The minimum Gasteiger partial charge on any atom is -0.391 e. The number of piperidine rings is 1. The lowest BCUT2D eigenvalue weighted by molar-refractivity contribution is 0.154. The Bertz CT molecular complexity index is 384. The van der Waals surface area contributed by atoms with Crippen molar-refractivity contribution in [3.05, 3.63) is 28.2 Å². The summed E-state index contributed by atoms with van der Waals surface area (Å²) in [7, 11) is 1.96. The van der Waals surface area contributed by atoms with Crippen LogP contribution in [0.5, 0.6) is 0 Å². The summed E-state index contributed by atoms with van der Waals surface area (Å²) in [4.78, 5) is 2.28. The molecule has 0 spiro atoms. The van der Waals surface area contributed by atoms with Crippen molar-refractivity contribution in [1.29, 1.82) is 0 Å². The van der Waals surface area contributed by atoms with E-state index in [0.717, 1.165) is 36.9 Å². The molecule has 0 saturated carbocycles. The van der Waals surface area contributed by atoms with Crippen molar-refractivity contribution in [2.75, 3.05) is 25.0 Å². The maximum Gasteiger partial charge on any atom is 0.0715 e. The molecule has 1 saturated heterocycles. The van der Waals surface area contributed by atoms with Crippen LogP contribution < -0.4 is 10.2 Å². The van der Waals surface area contributed by atoms with Crippen LogP contribution >= 0.6 is 15.9 Å². The van der Waals surface area contributed by atoms with Gasteiger partial charge in [-0.3, -0.25) is 0 Å². The van der Waals surface area contributed by atoms with Gasteiger partial charge in [0.25, 0.3) is 0 Å². The van der Waals surface area contributed by atoms with Gasteiger partial charge in [0.15, 0.2) is 0 Å². The Morgan fingerprint density at radius 3 is 3.06 bits per heavy atom. The van der Waals surface area contributed by atoms with Gasteiger partial charge in [-0.05, 0) is 37.6 Å². The summed E-state index contributed by atoms with van der Waals surface area (Å²) < 4.78 is 1.09. The SMILES string of the molecule is CNCc1ccc(Br)cc1N1CCCC(O)C1. The fourth-order valence-corrected chi connectivity index (χ4v) is 2.69. The van der Waals surface area contributed by atoms with Crippen LogP contribution in [0.2, 0.25) is 0 Å². The van der Waals surface area contributed by atoms with Gasteiger partial charge >= 0.3 is 0 Å². The van der Waals surface area contributed by atoms with Crippen LogP contribution in [0, 0.1) is 0 Å². The number of hydrogen-bond donors (Lipinski definition) is 2. The van der Waals surface area contributed by atoms with Gasteiger partial charge in [-0.25, -0.2) is 0 Å². The Balaban J connectivity index is 2.25. The van der Waals surface area contributed by atoms with Crippen LogP contribution in [-0.4, -0.2) is 31.3 Å². The van der Waals surface area contributed by atoms with E-state index < -0.39 is 0 Å². The summed E-state index contributed by atoms with van der Waals surface area (Å²) in [6.07, 6.45) is 1.80. The molecule has 0 amide bonds. The molecule has 1 heterocycles. The molecule has 94 valence electrons. The average Bonchev–Trinajstić information content (AvgIpc) is 2.32. The molecule has 0 radical (unpaired) electrons. The van der Waals surface area contributed by atoms with E-state index in [9.17, 15) is 5.11 Å². The molecule has 2 rings (SSSR count). The Kier molecular flexibility index (Phi) is 4.42. The second kappa shape index (κ2) is 5.85. The number of rotatable bonds is 3. The fraction of sp³-hybridized carbons (Fsp3) is 0.538. The second-order valence-electron chi connectivity index (χ2n) is 4.55. The molecule has 17 heavy (non-hydrogen) atoms. The zero-order chi connectivity index (χ0) is 12.3. The Morgan fingerprint density at radius 2 is 2.35 bits per heavy atom. The van der Waals surface area contributed by atoms with E-state index in [1.807, 2.05) is 7.05 Å². The van der Waals surface area contributed by atoms with Crippen LogP contribution in [-0.2, 0) is 6.54 Å². The van der Waals surface area contributed by atoms with Crippen LogP contribution in [0.25, 0.3) is 0 Å². The predicted octanol–water partition coefficient (Wildman–Crippen LogP) is 2.13. The van der Waals surface area contributed by atoms with Gasteiger partial charge in [-0.1, -0.05) is 22.0 Å². The van der Waals surface area contributed by atoms with Crippen molar-refractivity contribution in [3.8, 4) is 0 Å². The molecule has 1 aromatic rings. The number of benzene rings is 1. The van der Waals surface area contributed by atoms with E-state index >= 15 is 0 Å². The number of nitrogens with zero attached hydrogens (tertiary/aromatic N) is 1. The smallest absolute Gasteiger partial charge is 0.0715 e. The van der Waals surface area contributed by atoms with Gasteiger partial charge in [0.2, 0.25) is 0 Å². The molecule has 1 atom stereocenters. The van der Waals surface area contributed by atoms with Crippen LogP contribution in [0.1, 0.15) is 18.4 Å². The molecular weight excluding hydrogens is 280 g/mol. The van der Waals surface area contributed by atoms with Crippen molar-refractivity contribution in [3.63, 3.8) is 0 Å². The Labute approximate surface area is 111 Å². The Hall–Kier alpha value is -0.580. The van der Waals surface area contributed by atoms with Crippen molar-refractivity contribution in [2.45, 2.75) is 25.5 Å². The number of aliphatic hydroxyl groups excluding tert-OH is 1. The molecule has 0 bridgehead atoms. The summed E-state index contributed by atoms with van der Waals surface area (Å²) in [5, 5.41) is 13.0. The van der Waals surface area contributed by atoms with Crippen molar-refractivity contribution >= 4 is 21.6 Å². The molecule has 1 unspecified atom stereocenters. The number of hydrogen-bond acceptors (Lipinski definition) is 3. The molecule has 0 aromatic heterocycles. The lowest BCUT2D eigenvalue weighted by Crippen LogP contribution is -2.38. The largest absolute Gasteiger partial charge is 0.391 e. The Morgan fingerprint density at radius 1 is 1.53 bits per heavy atom. The highest BCUT2D eigenvalue weighted by Crippen LogP contribution is 2.27. The van der Waals surface area contributed by atoms with E-state index in [0.29, 0.717) is 0 Å². The average molecular weight is 299 g/mol. The van der Waals surface area contributed by atoms with Gasteiger partial charge in [0.1, 0.15) is 0 Å². The molecule has 4 heteroatoms. The summed E-state index contributed by atoms with van der Waals surface area (Å²) in [5.74, 6) is 0. The lowest BCUT2D eigenvalue weighted by atomic mass is 10.1. The summed E-state index contributed by atoms with van der Waals surface area (Å²) in [6, 6.07) is 6.35. The number of aliphatic hydroxyl groups is 1. The summed E-state index contributed by atoms with van der Waals surface area (Å²) >= 11 is 3.52. The molecule has 1 fully saturated rings. The maximum atomic E-state index is 9.76. The zero-order valence-corrected chi connectivity index (χ0v) is 11.7. The number of halogens is 1. The van der Waals surface area contributed by atoms with Gasteiger partial charge in [0.05, 0.1) is 6.10 Å². The van der Waals surface area contributed by atoms with Gasteiger partial charge < -0.3 is 15.3 Å². The molecule has 1 aromatic carbocycles. The fourth-order valence-electron chi connectivity index (χ4n) is 2.34. The number of β-amino-alcohol motifs (C(OH)–C–C–N with tert-alkyl or cyclic N) is 1. The van der Waals surface area contributed by atoms with Crippen LogP contribution in [0.3, 0.4) is 0 Å².